The molecule has 6 aliphatic rings. The van der Waals surface area contributed by atoms with E-state index in [1.54, 1.807) is 7.11 Å². The fraction of sp³-hybridized carbons (Fsp3) is 0.917. The molecule has 0 amide bonds. The molecule has 0 spiro atoms. The average Bonchev–Trinajstić information content (AvgIpc) is 2.59. The van der Waals surface area contributed by atoms with Crippen molar-refractivity contribution in [2.45, 2.75) is 85.2 Å². The Kier molecular flexibility index (Phi) is 4.60. The first-order valence-corrected chi connectivity index (χ1v) is 11.4. The molecule has 0 aromatic carbocycles. The van der Waals surface area contributed by atoms with E-state index >= 15 is 0 Å². The number of ether oxygens (including phenoxy) is 1. The highest BCUT2D eigenvalue weighted by Gasteiger charge is 2.61. The summed E-state index contributed by atoms with van der Waals surface area (Å²) >= 11 is 0. The minimum atomic E-state index is 0.602. The van der Waals surface area contributed by atoms with Crippen molar-refractivity contribution in [3.8, 4) is 0 Å². The van der Waals surface area contributed by atoms with E-state index in [1.807, 2.05) is 6.26 Å². The van der Waals surface area contributed by atoms with Crippen LogP contribution >= 0.6 is 0 Å². The molecule has 8 atom stereocenters. The molecule has 0 aromatic rings. The molecule has 1 nitrogen and oxygen atoms in total. The third-order valence-electron chi connectivity index (χ3n) is 10.6. The third-order valence-corrected chi connectivity index (χ3v) is 10.6. The predicted molar refractivity (Wildman–Crippen MR) is 113 cm³/mol. The van der Waals surface area contributed by atoms with Gasteiger partial charge >= 0.3 is 0 Å². The normalized spacial score (nSPS) is 47.8. The first-order chi connectivity index (χ1) is 12.2. The van der Waals surface area contributed by atoms with Crippen molar-refractivity contribution >= 4 is 6.71 Å². The maximum atomic E-state index is 5.27. The number of allylic oxidation sites excluding steroid dienone is 1. The lowest BCUT2D eigenvalue weighted by Crippen LogP contribution is -2.59. The minimum absolute atomic E-state index is 0.602. The van der Waals surface area contributed by atoms with E-state index in [0.717, 1.165) is 53.9 Å². The fourth-order valence-electron chi connectivity index (χ4n) is 8.49. The van der Waals surface area contributed by atoms with Gasteiger partial charge in [-0.05, 0) is 59.2 Å². The molecule has 4 bridgehead atoms. The summed E-state index contributed by atoms with van der Waals surface area (Å²) in [6.45, 7) is 16.2. The Hall–Kier alpha value is -0.395. The quantitative estimate of drug-likeness (QED) is 0.389. The Morgan fingerprint density at radius 2 is 1.31 bits per heavy atom. The molecule has 6 rings (SSSR count). The monoisotopic (exact) mass is 356 g/mol. The second kappa shape index (κ2) is 6.31. The molecule has 0 aliphatic heterocycles. The molecule has 6 aliphatic carbocycles. The maximum Gasteiger partial charge on any atom is 0.150 e. The van der Waals surface area contributed by atoms with Gasteiger partial charge in [-0.3, -0.25) is 0 Å². The van der Waals surface area contributed by atoms with Crippen molar-refractivity contribution in [3.63, 3.8) is 0 Å². The van der Waals surface area contributed by atoms with E-state index < -0.39 is 0 Å². The molecule has 6 fully saturated rings. The Labute approximate surface area is 162 Å². The third kappa shape index (κ3) is 2.56. The summed E-state index contributed by atoms with van der Waals surface area (Å²) in [5.74, 6) is 7.54. The van der Waals surface area contributed by atoms with Gasteiger partial charge in [0.1, 0.15) is 0 Å². The molecule has 146 valence electrons. The van der Waals surface area contributed by atoms with E-state index in [-0.39, 0.29) is 0 Å². The first kappa shape index (κ1) is 18.9. The van der Waals surface area contributed by atoms with Crippen LogP contribution in [0.15, 0.2) is 12.3 Å². The summed E-state index contributed by atoms with van der Waals surface area (Å²) in [7, 11) is 1.79. The zero-order valence-corrected chi connectivity index (χ0v) is 18.3. The maximum absolute atomic E-state index is 5.27. The van der Waals surface area contributed by atoms with Gasteiger partial charge in [0.15, 0.2) is 6.71 Å². The summed E-state index contributed by atoms with van der Waals surface area (Å²) < 4.78 is 5.27. The van der Waals surface area contributed by atoms with Crippen molar-refractivity contribution < 1.29 is 4.74 Å². The second-order valence-electron chi connectivity index (χ2n) is 11.7. The van der Waals surface area contributed by atoms with Gasteiger partial charge in [0.05, 0.1) is 13.4 Å². The van der Waals surface area contributed by atoms with Gasteiger partial charge in [-0.1, -0.05) is 78.4 Å². The highest BCUT2D eigenvalue weighted by Crippen LogP contribution is 2.69. The second-order valence-corrected chi connectivity index (χ2v) is 11.7. The SMILES string of the molecule is CO/C=C/CB([C@@H]1C[C@@H]2C[C@H]([C@H]1C)C2(C)C)[C@@H]1C[C@@H]2C[C@H]([C@H]1C)C2(C)C. The van der Waals surface area contributed by atoms with Crippen LogP contribution in [0.4, 0.5) is 0 Å². The lowest BCUT2D eigenvalue weighted by molar-refractivity contribution is -0.107. The molecular weight excluding hydrogens is 315 g/mol. The van der Waals surface area contributed by atoms with Gasteiger partial charge in [-0.2, -0.15) is 0 Å². The van der Waals surface area contributed by atoms with Crippen molar-refractivity contribution in [2.75, 3.05) is 7.11 Å². The summed E-state index contributed by atoms with van der Waals surface area (Å²) in [5, 5.41) is 0. The first-order valence-electron chi connectivity index (χ1n) is 11.4. The number of rotatable bonds is 5. The Morgan fingerprint density at radius 1 is 0.846 bits per heavy atom. The van der Waals surface area contributed by atoms with Gasteiger partial charge in [0.25, 0.3) is 0 Å². The van der Waals surface area contributed by atoms with E-state index in [1.165, 1.54) is 32.0 Å². The van der Waals surface area contributed by atoms with Crippen LogP contribution in [0.2, 0.25) is 18.0 Å². The molecular formula is C24H41BO. The van der Waals surface area contributed by atoms with Crippen LogP contribution in [0.1, 0.15) is 67.2 Å². The number of fused-ring (bicyclic) bond motifs is 4. The highest BCUT2D eigenvalue weighted by molar-refractivity contribution is 6.62. The van der Waals surface area contributed by atoms with Crippen molar-refractivity contribution in [1.29, 1.82) is 0 Å². The van der Waals surface area contributed by atoms with Crippen LogP contribution in [-0.4, -0.2) is 13.8 Å². The van der Waals surface area contributed by atoms with Crippen molar-refractivity contribution in [2.24, 2.45) is 46.3 Å². The van der Waals surface area contributed by atoms with Gasteiger partial charge in [-0.15, -0.1) is 0 Å². The molecule has 26 heavy (non-hydrogen) atoms. The minimum Gasteiger partial charge on any atom is -0.505 e. The topological polar surface area (TPSA) is 9.23 Å². The van der Waals surface area contributed by atoms with Gasteiger partial charge in [0.2, 0.25) is 0 Å². The highest BCUT2D eigenvalue weighted by atomic mass is 16.5. The standard InChI is InChI=1S/C24H41BO/c1-15-19-11-17(23(19,3)4)13-21(15)25(9-8-10-26-7)22-14-18-12-20(16(22)2)24(18,5)6/h8,10,15-22H,9,11-14H2,1-7H3/b10-8+/t15-,16-,17+,18+,19-,20-,21-,22-/m1/s1. The molecule has 0 N–H and O–H groups in total. The summed E-state index contributed by atoms with van der Waals surface area (Å²) in [5.41, 5.74) is 1.20. The summed E-state index contributed by atoms with van der Waals surface area (Å²) in [4.78, 5) is 0. The predicted octanol–water partition coefficient (Wildman–Crippen LogP) is 6.79. The Bertz CT molecular complexity index is 523. The zero-order valence-electron chi connectivity index (χ0n) is 18.3. The molecule has 2 heteroatoms. The number of methoxy groups -OCH3 is 1. The molecule has 0 unspecified atom stereocenters. The van der Waals surface area contributed by atoms with Gasteiger partial charge in [0, 0.05) is 0 Å². The van der Waals surface area contributed by atoms with Crippen molar-refractivity contribution in [3.05, 3.63) is 12.3 Å². The van der Waals surface area contributed by atoms with Gasteiger partial charge in [-0.25, -0.2) is 0 Å². The summed E-state index contributed by atoms with van der Waals surface area (Å²) in [6, 6.07) is 0. The molecule has 0 radical (unpaired) electrons. The van der Waals surface area contributed by atoms with E-state index in [0.29, 0.717) is 10.8 Å². The van der Waals surface area contributed by atoms with Crippen LogP contribution < -0.4 is 0 Å². The molecule has 0 aromatic heterocycles. The van der Waals surface area contributed by atoms with E-state index in [4.69, 9.17) is 4.74 Å². The van der Waals surface area contributed by atoms with Crippen LogP contribution in [-0.2, 0) is 4.74 Å². The van der Waals surface area contributed by atoms with Crippen LogP contribution in [0.25, 0.3) is 0 Å². The Morgan fingerprint density at radius 3 is 1.65 bits per heavy atom. The fourth-order valence-corrected chi connectivity index (χ4v) is 8.49. The molecule has 0 heterocycles. The summed E-state index contributed by atoms with van der Waals surface area (Å²) in [6.07, 6.45) is 11.5. The number of hydrogen-bond donors (Lipinski definition) is 0. The van der Waals surface area contributed by atoms with Gasteiger partial charge < -0.3 is 4.74 Å². The van der Waals surface area contributed by atoms with Crippen LogP contribution in [0, 0.1) is 46.3 Å². The zero-order chi connectivity index (χ0) is 18.9. The average molecular weight is 356 g/mol. The number of hydrogen-bond acceptors (Lipinski definition) is 1. The van der Waals surface area contributed by atoms with Crippen LogP contribution in [0.3, 0.4) is 0 Å². The van der Waals surface area contributed by atoms with E-state index in [9.17, 15) is 0 Å². The lowest BCUT2D eigenvalue weighted by Gasteiger charge is -2.66. The van der Waals surface area contributed by atoms with E-state index in [2.05, 4.69) is 47.6 Å². The van der Waals surface area contributed by atoms with Crippen molar-refractivity contribution in [1.82, 2.24) is 0 Å². The largest absolute Gasteiger partial charge is 0.505 e. The molecule has 0 saturated heterocycles. The molecule has 6 saturated carbocycles. The lowest BCUT2D eigenvalue weighted by atomic mass is 9.20. The van der Waals surface area contributed by atoms with Crippen LogP contribution in [0.5, 0.6) is 0 Å². The smallest absolute Gasteiger partial charge is 0.150 e. The Balaban J connectivity index is 1.55.